The van der Waals surface area contributed by atoms with Gasteiger partial charge in [0.1, 0.15) is 11.6 Å². The lowest BCUT2D eigenvalue weighted by atomic mass is 9.95. The van der Waals surface area contributed by atoms with Gasteiger partial charge in [0, 0.05) is 11.9 Å². The predicted octanol–water partition coefficient (Wildman–Crippen LogP) is 4.48. The first-order valence-electron chi connectivity index (χ1n) is 5.16. The summed E-state index contributed by atoms with van der Waals surface area (Å²) in [6.07, 6.45) is 2.80. The summed E-state index contributed by atoms with van der Waals surface area (Å²) in [5.74, 6) is -0.218. The Morgan fingerprint density at radius 1 is 1.27 bits per heavy atom. The molecule has 0 aromatic heterocycles. The van der Waals surface area contributed by atoms with Gasteiger partial charge in [-0.3, -0.25) is 0 Å². The second-order valence-electron chi connectivity index (χ2n) is 3.75. The Bertz CT molecular complexity index is 312. The first-order valence-corrected chi connectivity index (χ1v) is 5.69. The smallest absolute Gasteiger partial charge is 0.129 e. The highest BCUT2D eigenvalue weighted by molar-refractivity contribution is 6.17. The molecular weight excluding hydrogens is 218 g/mol. The largest absolute Gasteiger partial charge is 0.207 e. The molecule has 1 aromatic rings. The zero-order valence-electron chi connectivity index (χ0n) is 8.77. The maximum Gasteiger partial charge on any atom is 0.129 e. The highest BCUT2D eigenvalue weighted by Crippen LogP contribution is 2.24. The van der Waals surface area contributed by atoms with Gasteiger partial charge < -0.3 is 0 Å². The average molecular weight is 233 g/mol. The third-order valence-electron chi connectivity index (χ3n) is 2.51. The summed E-state index contributed by atoms with van der Waals surface area (Å²) < 4.78 is 26.0. The van der Waals surface area contributed by atoms with Gasteiger partial charge in [-0.1, -0.05) is 19.4 Å². The monoisotopic (exact) mass is 232 g/mol. The Balaban J connectivity index is 2.61. The molecule has 0 fully saturated rings. The molecule has 0 amide bonds. The fourth-order valence-corrected chi connectivity index (χ4v) is 1.79. The van der Waals surface area contributed by atoms with Crippen LogP contribution in [-0.4, -0.2) is 5.88 Å². The van der Waals surface area contributed by atoms with Crippen LogP contribution in [0.5, 0.6) is 0 Å². The zero-order chi connectivity index (χ0) is 11.3. The van der Waals surface area contributed by atoms with Crippen LogP contribution in [0.15, 0.2) is 18.2 Å². The topological polar surface area (TPSA) is 0 Å². The van der Waals surface area contributed by atoms with Crippen LogP contribution in [0.25, 0.3) is 0 Å². The molecule has 0 aliphatic carbocycles. The minimum atomic E-state index is -0.524. The summed E-state index contributed by atoms with van der Waals surface area (Å²) in [6.45, 7) is 1.95. The lowest BCUT2D eigenvalue weighted by Gasteiger charge is -2.12. The fraction of sp³-hybridized carbons (Fsp3) is 0.500. The molecule has 0 aliphatic heterocycles. The van der Waals surface area contributed by atoms with E-state index in [0.29, 0.717) is 11.4 Å². The van der Waals surface area contributed by atoms with Gasteiger partial charge in [0.05, 0.1) is 0 Å². The summed E-state index contributed by atoms with van der Waals surface area (Å²) in [6, 6.07) is 3.76. The molecule has 0 heterocycles. The molecule has 0 aliphatic rings. The Morgan fingerprint density at radius 3 is 2.60 bits per heavy atom. The third kappa shape index (κ3) is 3.78. The van der Waals surface area contributed by atoms with Crippen molar-refractivity contribution in [1.29, 1.82) is 0 Å². The van der Waals surface area contributed by atoms with Crippen molar-refractivity contribution in [2.24, 2.45) is 0 Å². The average Bonchev–Trinajstić information content (AvgIpc) is 2.17. The fourth-order valence-electron chi connectivity index (χ4n) is 1.60. The van der Waals surface area contributed by atoms with E-state index >= 15 is 0 Å². The van der Waals surface area contributed by atoms with Gasteiger partial charge in [-0.15, -0.1) is 11.6 Å². The molecule has 1 aromatic carbocycles. The maximum absolute atomic E-state index is 13.3. The van der Waals surface area contributed by atoms with Crippen LogP contribution in [0.1, 0.15) is 37.7 Å². The molecule has 0 spiro atoms. The summed E-state index contributed by atoms with van der Waals surface area (Å²) in [4.78, 5) is 0. The van der Waals surface area contributed by atoms with Gasteiger partial charge >= 0.3 is 0 Å². The van der Waals surface area contributed by atoms with Gasteiger partial charge in [-0.25, -0.2) is 8.78 Å². The van der Waals surface area contributed by atoms with E-state index in [4.69, 9.17) is 11.6 Å². The molecule has 15 heavy (non-hydrogen) atoms. The molecule has 0 N–H and O–H groups in total. The highest BCUT2D eigenvalue weighted by Gasteiger charge is 2.11. The van der Waals surface area contributed by atoms with Crippen LogP contribution in [0.4, 0.5) is 8.78 Å². The molecule has 1 rings (SSSR count). The van der Waals surface area contributed by atoms with Crippen molar-refractivity contribution in [1.82, 2.24) is 0 Å². The normalized spacial score (nSPS) is 12.8. The van der Waals surface area contributed by atoms with Gasteiger partial charge in [0.2, 0.25) is 0 Å². The van der Waals surface area contributed by atoms with E-state index in [1.165, 1.54) is 12.1 Å². The van der Waals surface area contributed by atoms with E-state index in [9.17, 15) is 8.78 Å². The van der Waals surface area contributed by atoms with Crippen molar-refractivity contribution in [2.75, 3.05) is 5.88 Å². The van der Waals surface area contributed by atoms with Gasteiger partial charge in [0.15, 0.2) is 0 Å². The molecule has 3 heteroatoms. The molecule has 1 unspecified atom stereocenters. The quantitative estimate of drug-likeness (QED) is 0.519. The first-order chi connectivity index (χ1) is 7.15. The van der Waals surface area contributed by atoms with Crippen LogP contribution in [-0.2, 0) is 0 Å². The van der Waals surface area contributed by atoms with E-state index in [0.717, 1.165) is 25.3 Å². The van der Waals surface area contributed by atoms with Gasteiger partial charge in [-0.2, -0.15) is 0 Å². The maximum atomic E-state index is 13.3. The molecule has 1 atom stereocenters. The lowest BCUT2D eigenvalue weighted by Crippen LogP contribution is -1.98. The van der Waals surface area contributed by atoms with Crippen molar-refractivity contribution >= 4 is 11.6 Å². The Morgan fingerprint density at radius 2 is 2.00 bits per heavy atom. The van der Waals surface area contributed by atoms with Crippen molar-refractivity contribution in [3.63, 3.8) is 0 Å². The summed E-state index contributed by atoms with van der Waals surface area (Å²) >= 11 is 5.56. The van der Waals surface area contributed by atoms with Gasteiger partial charge in [0.25, 0.3) is 0 Å². The second-order valence-corrected chi connectivity index (χ2v) is 4.13. The summed E-state index contributed by atoms with van der Waals surface area (Å²) in [7, 11) is 0. The number of hydrogen-bond donors (Lipinski definition) is 0. The van der Waals surface area contributed by atoms with Crippen molar-refractivity contribution in [3.05, 3.63) is 35.4 Å². The van der Waals surface area contributed by atoms with E-state index in [1.54, 1.807) is 0 Å². The standard InChI is InChI=1S/C12H15ClF2/c1-9(4-2-3-7-13)11-6-5-10(14)8-12(11)15/h5-6,8-9H,2-4,7H2,1H3. The zero-order valence-corrected chi connectivity index (χ0v) is 9.53. The first kappa shape index (κ1) is 12.4. The molecule has 0 saturated carbocycles. The minimum absolute atomic E-state index is 0.119. The Kier molecular flexibility index (Phi) is 5.03. The highest BCUT2D eigenvalue weighted by atomic mass is 35.5. The van der Waals surface area contributed by atoms with Gasteiger partial charge in [-0.05, 0) is 30.4 Å². The molecule has 0 radical (unpaired) electrons. The van der Waals surface area contributed by atoms with Crippen LogP contribution in [0.2, 0.25) is 0 Å². The third-order valence-corrected chi connectivity index (χ3v) is 2.78. The lowest BCUT2D eigenvalue weighted by molar-refractivity contribution is 0.542. The Hall–Kier alpha value is -0.630. The number of unbranched alkanes of at least 4 members (excludes halogenated alkanes) is 1. The van der Waals surface area contributed by atoms with E-state index in [-0.39, 0.29) is 5.92 Å². The van der Waals surface area contributed by atoms with Crippen LogP contribution in [0, 0.1) is 11.6 Å². The number of alkyl halides is 1. The minimum Gasteiger partial charge on any atom is -0.207 e. The number of benzene rings is 1. The number of hydrogen-bond acceptors (Lipinski definition) is 0. The van der Waals surface area contributed by atoms with Crippen LogP contribution < -0.4 is 0 Å². The molecule has 0 saturated heterocycles. The molecule has 84 valence electrons. The van der Waals surface area contributed by atoms with Crippen molar-refractivity contribution < 1.29 is 8.78 Å². The SMILES string of the molecule is CC(CCCCCl)c1ccc(F)cc1F. The second kappa shape index (κ2) is 6.06. The van der Waals surface area contributed by atoms with E-state index in [2.05, 4.69) is 0 Å². The molecule has 0 bridgehead atoms. The predicted molar refractivity (Wildman–Crippen MR) is 59.3 cm³/mol. The number of rotatable bonds is 5. The summed E-state index contributed by atoms with van der Waals surface area (Å²) in [5, 5.41) is 0. The van der Waals surface area contributed by atoms with Crippen LogP contribution in [0.3, 0.4) is 0 Å². The van der Waals surface area contributed by atoms with Crippen molar-refractivity contribution in [3.8, 4) is 0 Å². The van der Waals surface area contributed by atoms with E-state index < -0.39 is 11.6 Å². The van der Waals surface area contributed by atoms with Crippen molar-refractivity contribution in [2.45, 2.75) is 32.1 Å². The Labute approximate surface area is 94.3 Å². The summed E-state index contributed by atoms with van der Waals surface area (Å²) in [5.41, 5.74) is 0.589. The van der Waals surface area contributed by atoms with E-state index in [1.807, 2.05) is 6.92 Å². The van der Waals surface area contributed by atoms with Crippen LogP contribution >= 0.6 is 11.6 Å². The number of halogens is 3. The molecule has 0 nitrogen and oxygen atoms in total. The molecular formula is C12H15ClF2.